The third kappa shape index (κ3) is 1.26. The highest BCUT2D eigenvalue weighted by atomic mass is 16.4. The molecule has 0 spiro atoms. The average Bonchev–Trinajstić information content (AvgIpc) is 2.60. The predicted molar refractivity (Wildman–Crippen MR) is 60.6 cm³/mol. The molecule has 0 radical (unpaired) electrons. The number of carbonyl (C=O) groups is 1. The van der Waals surface area contributed by atoms with E-state index in [1.54, 1.807) is 0 Å². The molecule has 1 amide bonds. The molecule has 2 heterocycles. The number of hydrogen-bond donors (Lipinski definition) is 1. The standard InChI is InChI=1S/C12H12N2O2/c15-12(16)13-7-10(8-13)14-6-5-9-3-1-2-4-11(9)14/h1-6,10H,7-8H2,(H,15,16). The Kier molecular flexibility index (Phi) is 1.89. The van der Waals surface area contributed by atoms with Crippen LogP contribution >= 0.6 is 0 Å². The van der Waals surface area contributed by atoms with Crippen LogP contribution in [0.5, 0.6) is 0 Å². The molecule has 1 N–H and O–H groups in total. The topological polar surface area (TPSA) is 45.5 Å². The van der Waals surface area contributed by atoms with Gasteiger partial charge in [-0.05, 0) is 17.5 Å². The number of rotatable bonds is 1. The zero-order valence-corrected chi connectivity index (χ0v) is 8.71. The van der Waals surface area contributed by atoms with Gasteiger partial charge in [0.05, 0.1) is 6.04 Å². The molecule has 0 saturated carbocycles. The van der Waals surface area contributed by atoms with Gasteiger partial charge in [0.15, 0.2) is 0 Å². The quantitative estimate of drug-likeness (QED) is 0.794. The number of para-hydroxylation sites is 1. The van der Waals surface area contributed by atoms with Crippen molar-refractivity contribution >= 4 is 17.0 Å². The molecule has 2 aromatic rings. The van der Waals surface area contributed by atoms with Crippen LogP contribution in [0, 0.1) is 0 Å². The van der Waals surface area contributed by atoms with Gasteiger partial charge in [-0.1, -0.05) is 18.2 Å². The summed E-state index contributed by atoms with van der Waals surface area (Å²) in [6.45, 7) is 1.18. The first-order valence-electron chi connectivity index (χ1n) is 5.29. The maximum absolute atomic E-state index is 10.7. The molecular formula is C12H12N2O2. The first-order chi connectivity index (χ1) is 7.75. The third-order valence-electron chi connectivity index (χ3n) is 3.16. The van der Waals surface area contributed by atoms with Crippen LogP contribution < -0.4 is 0 Å². The zero-order valence-electron chi connectivity index (χ0n) is 8.71. The average molecular weight is 216 g/mol. The molecular weight excluding hydrogens is 204 g/mol. The number of carboxylic acid groups (broad SMARTS) is 1. The van der Waals surface area contributed by atoms with E-state index >= 15 is 0 Å². The lowest BCUT2D eigenvalue weighted by Crippen LogP contribution is -2.49. The van der Waals surface area contributed by atoms with Crippen LogP contribution in [0.1, 0.15) is 6.04 Å². The Hall–Kier alpha value is -1.97. The minimum absolute atomic E-state index is 0.288. The van der Waals surface area contributed by atoms with E-state index in [1.807, 2.05) is 18.3 Å². The van der Waals surface area contributed by atoms with Gasteiger partial charge in [0.25, 0.3) is 0 Å². The monoisotopic (exact) mass is 216 g/mol. The Morgan fingerprint density at radius 1 is 1.25 bits per heavy atom. The Labute approximate surface area is 92.7 Å². The van der Waals surface area contributed by atoms with Crippen LogP contribution in [-0.4, -0.2) is 33.8 Å². The van der Waals surface area contributed by atoms with Gasteiger partial charge < -0.3 is 14.6 Å². The summed E-state index contributed by atoms with van der Waals surface area (Å²) in [5, 5.41) is 9.98. The smallest absolute Gasteiger partial charge is 0.407 e. The van der Waals surface area contributed by atoms with Crippen molar-refractivity contribution in [1.29, 1.82) is 0 Å². The molecule has 0 unspecified atom stereocenters. The van der Waals surface area contributed by atoms with Crippen molar-refractivity contribution in [3.05, 3.63) is 36.5 Å². The molecule has 0 atom stereocenters. The molecule has 0 bridgehead atoms. The van der Waals surface area contributed by atoms with Gasteiger partial charge in [0.1, 0.15) is 0 Å². The van der Waals surface area contributed by atoms with E-state index < -0.39 is 6.09 Å². The molecule has 82 valence electrons. The highest BCUT2D eigenvalue weighted by Gasteiger charge is 2.31. The first-order valence-corrected chi connectivity index (χ1v) is 5.29. The molecule has 1 aliphatic heterocycles. The summed E-state index contributed by atoms with van der Waals surface area (Å²) in [7, 11) is 0. The first kappa shape index (κ1) is 9.27. The number of nitrogens with zero attached hydrogens (tertiary/aromatic N) is 2. The molecule has 3 rings (SSSR count). The summed E-state index contributed by atoms with van der Waals surface area (Å²) in [4.78, 5) is 12.1. The fourth-order valence-electron chi connectivity index (χ4n) is 2.21. The maximum Gasteiger partial charge on any atom is 0.407 e. The van der Waals surface area contributed by atoms with Gasteiger partial charge in [-0.2, -0.15) is 0 Å². The van der Waals surface area contributed by atoms with Crippen molar-refractivity contribution in [2.45, 2.75) is 6.04 Å². The van der Waals surface area contributed by atoms with Crippen LogP contribution in [0.3, 0.4) is 0 Å². The number of aromatic nitrogens is 1. The van der Waals surface area contributed by atoms with E-state index in [1.165, 1.54) is 15.8 Å². The number of amides is 1. The Morgan fingerprint density at radius 3 is 2.75 bits per heavy atom. The summed E-state index contributed by atoms with van der Waals surface area (Å²) in [6, 6.07) is 10.5. The lowest BCUT2D eigenvalue weighted by Gasteiger charge is -2.38. The highest BCUT2D eigenvalue weighted by molar-refractivity contribution is 5.80. The molecule has 0 aliphatic carbocycles. The molecule has 4 heteroatoms. The van der Waals surface area contributed by atoms with E-state index in [0.717, 1.165) is 0 Å². The van der Waals surface area contributed by atoms with Crippen LogP contribution in [0.15, 0.2) is 36.5 Å². The summed E-state index contributed by atoms with van der Waals surface area (Å²) in [5.74, 6) is 0. The van der Waals surface area contributed by atoms with E-state index in [9.17, 15) is 4.79 Å². The molecule has 1 aromatic heterocycles. The SMILES string of the molecule is O=C(O)N1CC(n2ccc3ccccc32)C1. The fourth-order valence-corrected chi connectivity index (χ4v) is 2.21. The molecule has 1 saturated heterocycles. The van der Waals surface area contributed by atoms with Crippen molar-refractivity contribution in [3.8, 4) is 0 Å². The number of benzene rings is 1. The van der Waals surface area contributed by atoms with E-state index in [0.29, 0.717) is 13.1 Å². The maximum atomic E-state index is 10.7. The molecule has 1 aliphatic rings. The molecule has 4 nitrogen and oxygen atoms in total. The van der Waals surface area contributed by atoms with Crippen LogP contribution in [0.2, 0.25) is 0 Å². The molecule has 16 heavy (non-hydrogen) atoms. The zero-order chi connectivity index (χ0) is 11.1. The number of likely N-dealkylation sites (tertiary alicyclic amines) is 1. The fraction of sp³-hybridized carbons (Fsp3) is 0.250. The van der Waals surface area contributed by atoms with Crippen molar-refractivity contribution in [2.75, 3.05) is 13.1 Å². The second kappa shape index (κ2) is 3.27. The second-order valence-corrected chi connectivity index (χ2v) is 4.12. The minimum atomic E-state index is -0.826. The number of hydrogen-bond acceptors (Lipinski definition) is 1. The van der Waals surface area contributed by atoms with Gasteiger partial charge in [-0.15, -0.1) is 0 Å². The Bertz CT molecular complexity index is 541. The summed E-state index contributed by atoms with van der Waals surface area (Å²) >= 11 is 0. The molecule has 1 fully saturated rings. The van der Waals surface area contributed by atoms with Crippen LogP contribution in [0.25, 0.3) is 10.9 Å². The lowest BCUT2D eigenvalue weighted by molar-refractivity contribution is 0.0871. The van der Waals surface area contributed by atoms with Crippen LogP contribution in [-0.2, 0) is 0 Å². The van der Waals surface area contributed by atoms with Gasteiger partial charge >= 0.3 is 6.09 Å². The van der Waals surface area contributed by atoms with E-state index in [4.69, 9.17) is 5.11 Å². The highest BCUT2D eigenvalue weighted by Crippen LogP contribution is 2.26. The van der Waals surface area contributed by atoms with Gasteiger partial charge in [-0.3, -0.25) is 0 Å². The van der Waals surface area contributed by atoms with Gasteiger partial charge in [0.2, 0.25) is 0 Å². The predicted octanol–water partition coefficient (Wildman–Crippen LogP) is 2.18. The second-order valence-electron chi connectivity index (χ2n) is 4.12. The summed E-state index contributed by atoms with van der Waals surface area (Å²) in [6.07, 6.45) is 1.21. The number of fused-ring (bicyclic) bond motifs is 1. The minimum Gasteiger partial charge on any atom is -0.465 e. The van der Waals surface area contributed by atoms with Crippen molar-refractivity contribution in [2.24, 2.45) is 0 Å². The summed E-state index contributed by atoms with van der Waals surface area (Å²) < 4.78 is 2.16. The lowest BCUT2D eigenvalue weighted by atomic mass is 10.1. The van der Waals surface area contributed by atoms with E-state index in [2.05, 4.69) is 22.8 Å². The third-order valence-corrected chi connectivity index (χ3v) is 3.16. The van der Waals surface area contributed by atoms with E-state index in [-0.39, 0.29) is 6.04 Å². The normalized spacial score (nSPS) is 16.4. The molecule has 1 aromatic carbocycles. The van der Waals surface area contributed by atoms with Gasteiger partial charge in [-0.25, -0.2) is 4.79 Å². The summed E-state index contributed by atoms with van der Waals surface area (Å²) in [5.41, 5.74) is 1.18. The van der Waals surface area contributed by atoms with Crippen LogP contribution in [0.4, 0.5) is 4.79 Å². The van der Waals surface area contributed by atoms with Crippen molar-refractivity contribution < 1.29 is 9.90 Å². The van der Waals surface area contributed by atoms with Gasteiger partial charge in [0, 0.05) is 24.8 Å². The van der Waals surface area contributed by atoms with Crippen molar-refractivity contribution in [1.82, 2.24) is 9.47 Å². The Morgan fingerprint density at radius 2 is 2.00 bits per heavy atom. The van der Waals surface area contributed by atoms with Crippen molar-refractivity contribution in [3.63, 3.8) is 0 Å². The Balaban J connectivity index is 1.89. The largest absolute Gasteiger partial charge is 0.465 e.